The van der Waals surface area contributed by atoms with Gasteiger partial charge in [-0.3, -0.25) is 0 Å². The second-order valence-electron chi connectivity index (χ2n) is 16.4. The van der Waals surface area contributed by atoms with Crippen molar-refractivity contribution in [3.63, 3.8) is 0 Å². The van der Waals surface area contributed by atoms with Crippen LogP contribution in [0, 0.1) is 0 Å². The van der Waals surface area contributed by atoms with Crippen LogP contribution < -0.4 is 0 Å². The van der Waals surface area contributed by atoms with Crippen LogP contribution in [0.4, 0.5) is 0 Å². The van der Waals surface area contributed by atoms with Crippen molar-refractivity contribution in [2.45, 2.75) is 0 Å². The molecule has 15 rings (SSSR count). The molecular formula is C56H30N2O. The maximum atomic E-state index is 7.31. The lowest BCUT2D eigenvalue weighted by atomic mass is 10.0. The predicted octanol–water partition coefficient (Wildman–Crippen LogP) is 15.4. The third kappa shape index (κ3) is 3.66. The molecule has 0 unspecified atom stereocenters. The van der Waals surface area contributed by atoms with E-state index in [1.165, 1.54) is 87.9 Å². The van der Waals surface area contributed by atoms with E-state index in [4.69, 9.17) is 4.42 Å². The van der Waals surface area contributed by atoms with Crippen LogP contribution in [0.3, 0.4) is 0 Å². The molecule has 3 aromatic heterocycles. The smallest absolute Gasteiger partial charge is 0.145 e. The second kappa shape index (κ2) is 10.5. The summed E-state index contributed by atoms with van der Waals surface area (Å²) in [5.41, 5.74) is 19.2. The van der Waals surface area contributed by atoms with Crippen LogP contribution in [0.25, 0.3) is 143 Å². The van der Waals surface area contributed by atoms with Crippen molar-refractivity contribution in [2.75, 3.05) is 0 Å². The van der Waals surface area contributed by atoms with Crippen molar-refractivity contribution in [2.24, 2.45) is 0 Å². The molecular weight excluding hydrogens is 717 g/mol. The molecule has 2 aliphatic rings. The average molecular weight is 747 g/mol. The standard InChI is InChI=1S/C56H30N2O/c1-3-15-37-35(13-1)39-19-9-11-31-27-33(29-45(37)51(31)39)57-47-21-7-5-17-43(47)53-49(57)25-23-41-42-24-26-50-54(56(42)59-55(41)53)44-18-6-8-22-48(44)58(50)34-28-32-12-10-20-40-36-14-2-4-16-38(36)46(30-34)52(32)40/h1-30H. The molecule has 0 N–H and O–H groups in total. The Bertz CT molecular complexity index is 3810. The first-order chi connectivity index (χ1) is 29.3. The number of benzene rings is 10. The van der Waals surface area contributed by atoms with Gasteiger partial charge in [0.2, 0.25) is 0 Å². The molecule has 0 atom stereocenters. The number of hydrogen-bond donors (Lipinski definition) is 0. The summed E-state index contributed by atoms with van der Waals surface area (Å²) in [5, 5.41) is 12.1. The lowest BCUT2D eigenvalue weighted by Gasteiger charge is -2.12. The second-order valence-corrected chi connectivity index (χ2v) is 16.4. The van der Waals surface area contributed by atoms with Crippen molar-refractivity contribution in [1.82, 2.24) is 9.13 Å². The highest BCUT2D eigenvalue weighted by Crippen LogP contribution is 2.51. The monoisotopic (exact) mass is 746 g/mol. The van der Waals surface area contributed by atoms with Crippen molar-refractivity contribution in [3.05, 3.63) is 182 Å². The molecule has 0 bridgehead atoms. The molecule has 0 spiro atoms. The van der Waals surface area contributed by atoms with Crippen LogP contribution in [0.5, 0.6) is 0 Å². The van der Waals surface area contributed by atoms with Crippen molar-refractivity contribution >= 4 is 87.1 Å². The Hall–Kier alpha value is -7.88. The zero-order chi connectivity index (χ0) is 38.1. The molecule has 13 aromatic rings. The van der Waals surface area contributed by atoms with Gasteiger partial charge < -0.3 is 13.6 Å². The van der Waals surface area contributed by atoms with Gasteiger partial charge in [-0.15, -0.1) is 0 Å². The maximum absolute atomic E-state index is 7.31. The molecule has 3 nitrogen and oxygen atoms in total. The van der Waals surface area contributed by atoms with Gasteiger partial charge in [0.1, 0.15) is 11.2 Å². The third-order valence-electron chi connectivity index (χ3n) is 13.5. The molecule has 0 amide bonds. The Labute approximate surface area is 337 Å². The number of rotatable bonds is 2. The first-order valence-corrected chi connectivity index (χ1v) is 20.4. The highest BCUT2D eigenvalue weighted by atomic mass is 16.3. The average Bonchev–Trinajstić information content (AvgIpc) is 4.08. The number of para-hydroxylation sites is 2. The minimum Gasteiger partial charge on any atom is -0.455 e. The summed E-state index contributed by atoms with van der Waals surface area (Å²) in [7, 11) is 0. The van der Waals surface area contributed by atoms with Crippen LogP contribution in [-0.4, -0.2) is 9.13 Å². The molecule has 10 aromatic carbocycles. The Kier molecular flexibility index (Phi) is 5.41. The first kappa shape index (κ1) is 30.3. The summed E-state index contributed by atoms with van der Waals surface area (Å²) in [6.45, 7) is 0. The van der Waals surface area contributed by atoms with E-state index in [0.29, 0.717) is 0 Å². The fourth-order valence-electron chi connectivity index (χ4n) is 11.2. The lowest BCUT2D eigenvalue weighted by Crippen LogP contribution is -1.94. The van der Waals surface area contributed by atoms with Gasteiger partial charge >= 0.3 is 0 Å². The molecule has 2 aliphatic carbocycles. The normalized spacial score (nSPS) is 12.7. The fourth-order valence-corrected chi connectivity index (χ4v) is 11.2. The number of hydrogen-bond acceptors (Lipinski definition) is 1. The minimum absolute atomic E-state index is 0.928. The van der Waals surface area contributed by atoms with E-state index in [1.54, 1.807) is 0 Å². The number of aromatic nitrogens is 2. The summed E-state index contributed by atoms with van der Waals surface area (Å²) in [5.74, 6) is 0. The summed E-state index contributed by atoms with van der Waals surface area (Å²) < 4.78 is 12.2. The van der Waals surface area contributed by atoms with E-state index in [2.05, 4.69) is 191 Å². The lowest BCUT2D eigenvalue weighted by molar-refractivity contribution is 0.677. The molecule has 59 heavy (non-hydrogen) atoms. The Morgan fingerprint density at radius 2 is 0.678 bits per heavy atom. The largest absolute Gasteiger partial charge is 0.455 e. The van der Waals surface area contributed by atoms with Crippen molar-refractivity contribution in [3.8, 4) is 55.9 Å². The fraction of sp³-hybridized carbons (Fsp3) is 0. The predicted molar refractivity (Wildman–Crippen MR) is 246 cm³/mol. The maximum Gasteiger partial charge on any atom is 0.145 e. The van der Waals surface area contributed by atoms with E-state index in [1.807, 2.05) is 0 Å². The minimum atomic E-state index is 0.928. The summed E-state index contributed by atoms with van der Waals surface area (Å²) >= 11 is 0. The van der Waals surface area contributed by atoms with Gasteiger partial charge in [-0.05, 0) is 127 Å². The molecule has 0 radical (unpaired) electrons. The van der Waals surface area contributed by atoms with Gasteiger partial charge in [-0.1, -0.05) is 121 Å². The van der Waals surface area contributed by atoms with Crippen LogP contribution in [-0.2, 0) is 0 Å². The highest BCUT2D eigenvalue weighted by molar-refractivity contribution is 6.29. The van der Waals surface area contributed by atoms with Gasteiger partial charge in [-0.25, -0.2) is 0 Å². The van der Waals surface area contributed by atoms with E-state index < -0.39 is 0 Å². The summed E-state index contributed by atoms with van der Waals surface area (Å²) in [6, 6.07) is 67.3. The van der Waals surface area contributed by atoms with Crippen LogP contribution in [0.1, 0.15) is 0 Å². The zero-order valence-electron chi connectivity index (χ0n) is 31.6. The van der Waals surface area contributed by atoms with Gasteiger partial charge in [0.15, 0.2) is 0 Å². The Morgan fingerprint density at radius 1 is 0.271 bits per heavy atom. The molecule has 0 saturated heterocycles. The number of nitrogens with zero attached hydrogens (tertiary/aromatic N) is 2. The number of furan rings is 1. The van der Waals surface area contributed by atoms with E-state index in [0.717, 1.165) is 55.1 Å². The third-order valence-corrected chi connectivity index (χ3v) is 13.5. The van der Waals surface area contributed by atoms with Crippen molar-refractivity contribution < 1.29 is 4.42 Å². The van der Waals surface area contributed by atoms with E-state index in [-0.39, 0.29) is 0 Å². The zero-order valence-corrected chi connectivity index (χ0v) is 31.6. The quantitative estimate of drug-likeness (QED) is 0.173. The number of fused-ring (bicyclic) bond motifs is 17. The topological polar surface area (TPSA) is 23.0 Å². The van der Waals surface area contributed by atoms with Gasteiger partial charge in [0.25, 0.3) is 0 Å². The van der Waals surface area contributed by atoms with Crippen molar-refractivity contribution in [1.29, 1.82) is 0 Å². The van der Waals surface area contributed by atoms with Gasteiger partial charge in [-0.2, -0.15) is 0 Å². The van der Waals surface area contributed by atoms with E-state index in [9.17, 15) is 0 Å². The molecule has 0 saturated carbocycles. The summed E-state index contributed by atoms with van der Waals surface area (Å²) in [4.78, 5) is 0. The molecule has 270 valence electrons. The molecule has 3 heterocycles. The Morgan fingerprint density at radius 3 is 1.15 bits per heavy atom. The molecule has 0 fully saturated rings. The van der Waals surface area contributed by atoms with Crippen LogP contribution in [0.15, 0.2) is 186 Å². The SMILES string of the molecule is c1ccc2c(c1)-c1cccc3cc(-n4c5ccccc5c5c6oc7c(ccc8c7c7ccccc7n8-c7cc8c9c(cccc9c7)-c7ccccc7-8)c6ccc54)cc-2c13. The summed E-state index contributed by atoms with van der Waals surface area (Å²) in [6.07, 6.45) is 0. The molecule has 0 aliphatic heterocycles. The van der Waals surface area contributed by atoms with Crippen LogP contribution in [0.2, 0.25) is 0 Å². The Balaban J connectivity index is 1.01. The van der Waals surface area contributed by atoms with Gasteiger partial charge in [0, 0.05) is 32.9 Å². The molecule has 3 heteroatoms. The highest BCUT2D eigenvalue weighted by Gasteiger charge is 2.27. The van der Waals surface area contributed by atoms with Crippen LogP contribution >= 0.6 is 0 Å². The first-order valence-electron chi connectivity index (χ1n) is 20.4. The van der Waals surface area contributed by atoms with Gasteiger partial charge in [0.05, 0.1) is 32.8 Å². The van der Waals surface area contributed by atoms with E-state index >= 15 is 0 Å².